The summed E-state index contributed by atoms with van der Waals surface area (Å²) in [6.07, 6.45) is 8.48. The molecule has 0 spiro atoms. The lowest BCUT2D eigenvalue weighted by Crippen LogP contribution is -2.57. The lowest BCUT2D eigenvalue weighted by molar-refractivity contribution is 0.241. The Kier molecular flexibility index (Phi) is 5.14. The Morgan fingerprint density at radius 2 is 1.85 bits per heavy atom. The molecular formula is C24H24F3N7. The van der Waals surface area contributed by atoms with E-state index < -0.39 is 23.7 Å². The van der Waals surface area contributed by atoms with Gasteiger partial charge in [0.05, 0.1) is 0 Å². The molecular weight excluding hydrogens is 443 g/mol. The number of hydrogen-bond donors (Lipinski definition) is 2. The second kappa shape index (κ2) is 8.21. The molecule has 1 saturated heterocycles. The Morgan fingerprint density at radius 1 is 1.06 bits per heavy atom. The van der Waals surface area contributed by atoms with Crippen LogP contribution in [0.1, 0.15) is 24.1 Å². The van der Waals surface area contributed by atoms with Crippen molar-refractivity contribution < 1.29 is 13.2 Å². The van der Waals surface area contributed by atoms with E-state index in [1.807, 2.05) is 18.0 Å². The van der Waals surface area contributed by atoms with Crippen LogP contribution in [0.4, 0.5) is 19.0 Å². The Balaban J connectivity index is 1.41. The topological polar surface area (TPSA) is 68.7 Å². The highest BCUT2D eigenvalue weighted by Crippen LogP contribution is 2.37. The van der Waals surface area contributed by atoms with Crippen LogP contribution >= 0.6 is 0 Å². The van der Waals surface area contributed by atoms with Gasteiger partial charge in [0.2, 0.25) is 0 Å². The predicted molar refractivity (Wildman–Crippen MR) is 122 cm³/mol. The van der Waals surface area contributed by atoms with Crippen LogP contribution in [0.5, 0.6) is 0 Å². The SMILES string of the molecule is Cc1cc(N2C(NC3C4CCC3CNC4)N=C3C(c4ccc(F)c(F)c4F)=CC=CN32)ncn1. The number of benzene rings is 1. The predicted octanol–water partition coefficient (Wildman–Crippen LogP) is 3.12. The first kappa shape index (κ1) is 21.3. The summed E-state index contributed by atoms with van der Waals surface area (Å²) in [5, 5.41) is 10.9. The minimum Gasteiger partial charge on any atom is -0.316 e. The van der Waals surface area contributed by atoms with E-state index in [2.05, 4.69) is 20.6 Å². The molecule has 2 N–H and O–H groups in total. The van der Waals surface area contributed by atoms with Crippen molar-refractivity contribution in [2.45, 2.75) is 32.1 Å². The molecule has 1 aromatic carbocycles. The monoisotopic (exact) mass is 467 g/mol. The highest BCUT2D eigenvalue weighted by molar-refractivity contribution is 6.25. The minimum absolute atomic E-state index is 0.0478. The van der Waals surface area contributed by atoms with E-state index in [4.69, 9.17) is 4.99 Å². The maximum Gasteiger partial charge on any atom is 0.199 e. The van der Waals surface area contributed by atoms with Gasteiger partial charge in [-0.3, -0.25) is 5.32 Å². The molecule has 176 valence electrons. The number of nitrogens with zero attached hydrogens (tertiary/aromatic N) is 5. The first-order valence-corrected chi connectivity index (χ1v) is 11.5. The van der Waals surface area contributed by atoms with Crippen LogP contribution in [0.3, 0.4) is 0 Å². The fraction of sp³-hybridized carbons (Fsp3) is 0.375. The van der Waals surface area contributed by atoms with Crippen LogP contribution in [0, 0.1) is 36.2 Å². The summed E-state index contributed by atoms with van der Waals surface area (Å²) in [6, 6.07) is 4.31. The fourth-order valence-electron chi connectivity index (χ4n) is 5.46. The van der Waals surface area contributed by atoms with Crippen LogP contribution in [0.25, 0.3) is 5.57 Å². The molecule has 1 aliphatic carbocycles. The highest BCUT2D eigenvalue weighted by atomic mass is 19.2. The maximum atomic E-state index is 14.7. The minimum atomic E-state index is -1.50. The van der Waals surface area contributed by atoms with Crippen LogP contribution in [-0.2, 0) is 0 Å². The quantitative estimate of drug-likeness (QED) is 0.674. The van der Waals surface area contributed by atoms with Gasteiger partial charge in [-0.15, -0.1) is 0 Å². The molecule has 3 aliphatic heterocycles. The van der Waals surface area contributed by atoms with E-state index in [1.54, 1.807) is 23.4 Å². The van der Waals surface area contributed by atoms with Crippen molar-refractivity contribution in [1.82, 2.24) is 25.6 Å². The molecule has 2 bridgehead atoms. The summed E-state index contributed by atoms with van der Waals surface area (Å²) < 4.78 is 42.4. The zero-order valence-electron chi connectivity index (χ0n) is 18.5. The molecule has 6 rings (SSSR count). The molecule has 34 heavy (non-hydrogen) atoms. The van der Waals surface area contributed by atoms with Gasteiger partial charge in [0.25, 0.3) is 0 Å². The molecule has 0 amide bonds. The molecule has 1 saturated carbocycles. The Bertz CT molecular complexity index is 1210. The number of aromatic nitrogens is 2. The van der Waals surface area contributed by atoms with Crippen LogP contribution < -0.4 is 15.6 Å². The number of hydrogen-bond acceptors (Lipinski definition) is 7. The van der Waals surface area contributed by atoms with Crippen LogP contribution in [0.2, 0.25) is 0 Å². The molecule has 4 heterocycles. The second-order valence-electron chi connectivity index (χ2n) is 9.13. The lowest BCUT2D eigenvalue weighted by atomic mass is 9.94. The molecule has 0 radical (unpaired) electrons. The van der Waals surface area contributed by atoms with Crippen molar-refractivity contribution in [2.24, 2.45) is 16.8 Å². The Hall–Kier alpha value is -3.24. The molecule has 1 aromatic heterocycles. The van der Waals surface area contributed by atoms with E-state index in [1.165, 1.54) is 12.4 Å². The summed E-state index contributed by atoms with van der Waals surface area (Å²) >= 11 is 0. The molecule has 3 unspecified atom stereocenters. The average Bonchev–Trinajstić information content (AvgIpc) is 3.29. The van der Waals surface area contributed by atoms with Gasteiger partial charge in [0, 0.05) is 35.1 Å². The lowest BCUT2D eigenvalue weighted by Gasteiger charge is -2.38. The molecule has 10 heteroatoms. The van der Waals surface area contributed by atoms with Gasteiger partial charge in [-0.05, 0) is 69.0 Å². The van der Waals surface area contributed by atoms with Gasteiger partial charge in [-0.1, -0.05) is 0 Å². The van der Waals surface area contributed by atoms with Gasteiger partial charge in [0.1, 0.15) is 6.33 Å². The number of nitrogens with one attached hydrogen (secondary N) is 2. The Morgan fingerprint density at radius 3 is 2.62 bits per heavy atom. The molecule has 2 fully saturated rings. The normalized spacial score (nSPS) is 27.6. The number of halogens is 3. The number of aryl methyl sites for hydroxylation is 1. The number of amidine groups is 1. The largest absolute Gasteiger partial charge is 0.316 e. The van der Waals surface area contributed by atoms with Gasteiger partial charge in [-0.2, -0.15) is 0 Å². The number of piperidine rings is 1. The standard InChI is InChI=1S/C24H24F3N7/c1-13-9-19(30-12-29-13)34-24(31-22-14-4-5-15(22)11-28-10-14)32-23-17(3-2-8-33(23)34)16-6-7-18(25)21(27)20(16)26/h2-3,6-9,12,14-15,22,24,28,31H,4-5,10-11H2,1H3. The summed E-state index contributed by atoms with van der Waals surface area (Å²) in [4.78, 5) is 13.6. The van der Waals surface area contributed by atoms with E-state index in [0.717, 1.165) is 37.7 Å². The van der Waals surface area contributed by atoms with E-state index in [-0.39, 0.29) is 11.6 Å². The number of hydrazine groups is 1. The third kappa shape index (κ3) is 3.40. The number of anilines is 1. The van der Waals surface area contributed by atoms with Crippen LogP contribution in [0.15, 0.2) is 47.9 Å². The number of aliphatic imine (C=N–C) groups is 1. The molecule has 7 nitrogen and oxygen atoms in total. The zero-order chi connectivity index (χ0) is 23.4. The fourth-order valence-corrected chi connectivity index (χ4v) is 5.46. The summed E-state index contributed by atoms with van der Waals surface area (Å²) in [5.74, 6) is -1.90. The third-order valence-corrected chi connectivity index (χ3v) is 7.08. The first-order chi connectivity index (χ1) is 16.5. The maximum absolute atomic E-state index is 14.7. The molecule has 2 aromatic rings. The zero-order valence-corrected chi connectivity index (χ0v) is 18.5. The summed E-state index contributed by atoms with van der Waals surface area (Å²) in [7, 11) is 0. The van der Waals surface area contributed by atoms with Crippen molar-refractivity contribution in [3.63, 3.8) is 0 Å². The number of rotatable bonds is 4. The van der Waals surface area contributed by atoms with Crippen LogP contribution in [-0.4, -0.2) is 46.2 Å². The second-order valence-corrected chi connectivity index (χ2v) is 9.13. The van der Waals surface area contributed by atoms with Crippen molar-refractivity contribution in [2.75, 3.05) is 18.1 Å². The van der Waals surface area contributed by atoms with Crippen molar-refractivity contribution in [3.05, 3.63) is 71.6 Å². The Labute approximate surface area is 195 Å². The van der Waals surface area contributed by atoms with E-state index in [0.29, 0.717) is 29.1 Å². The number of fused-ring (bicyclic) bond motifs is 3. The summed E-state index contributed by atoms with van der Waals surface area (Å²) in [5.41, 5.74) is 1.11. The van der Waals surface area contributed by atoms with Gasteiger partial charge < -0.3 is 5.32 Å². The van der Waals surface area contributed by atoms with Gasteiger partial charge in [-0.25, -0.2) is 38.1 Å². The first-order valence-electron chi connectivity index (χ1n) is 11.5. The smallest absolute Gasteiger partial charge is 0.199 e. The van der Waals surface area contributed by atoms with Gasteiger partial charge >= 0.3 is 0 Å². The van der Waals surface area contributed by atoms with Crippen molar-refractivity contribution in [1.29, 1.82) is 0 Å². The van der Waals surface area contributed by atoms with E-state index in [9.17, 15) is 13.2 Å². The van der Waals surface area contributed by atoms with Gasteiger partial charge in [0.15, 0.2) is 35.4 Å². The highest BCUT2D eigenvalue weighted by Gasteiger charge is 2.44. The molecule has 4 aliphatic rings. The summed E-state index contributed by atoms with van der Waals surface area (Å²) in [6.45, 7) is 3.80. The number of allylic oxidation sites excluding steroid dienone is 2. The van der Waals surface area contributed by atoms with Crippen molar-refractivity contribution in [3.8, 4) is 0 Å². The molecule has 3 atom stereocenters. The average molecular weight is 467 g/mol. The third-order valence-electron chi connectivity index (χ3n) is 7.08. The van der Waals surface area contributed by atoms with Crippen molar-refractivity contribution >= 4 is 17.2 Å². The van der Waals surface area contributed by atoms with E-state index >= 15 is 0 Å².